The summed E-state index contributed by atoms with van der Waals surface area (Å²) < 4.78 is 5.71. The Morgan fingerprint density at radius 2 is 1.96 bits per heavy atom. The molecule has 132 valence electrons. The molecule has 0 spiro atoms. The van der Waals surface area contributed by atoms with Gasteiger partial charge in [0.2, 0.25) is 0 Å². The summed E-state index contributed by atoms with van der Waals surface area (Å²) >= 11 is 0. The van der Waals surface area contributed by atoms with Crippen LogP contribution in [0.5, 0.6) is 5.75 Å². The minimum atomic E-state index is -0.182. The van der Waals surface area contributed by atoms with E-state index in [-0.39, 0.29) is 5.91 Å². The zero-order valence-corrected chi connectivity index (χ0v) is 14.5. The molecule has 1 aliphatic rings. The van der Waals surface area contributed by atoms with E-state index in [2.05, 4.69) is 20.5 Å². The fraction of sp³-hybridized carbons (Fsp3) is 0.250. The molecule has 0 radical (unpaired) electrons. The molecule has 1 fully saturated rings. The van der Waals surface area contributed by atoms with Crippen molar-refractivity contribution in [2.45, 2.75) is 19.8 Å². The molecule has 26 heavy (non-hydrogen) atoms. The number of ether oxygens (including phenoxy) is 1. The molecular weight excluding hydrogens is 328 g/mol. The SMILES string of the molecule is Cc1nc(-c2ccccc2NC(=O)c2ccc(OCC3CC3)cc2)n[nH]1. The Kier molecular flexibility index (Phi) is 4.39. The number of aryl methyl sites for hydroxylation is 1. The van der Waals surface area contributed by atoms with Crippen LogP contribution in [0.4, 0.5) is 5.69 Å². The van der Waals surface area contributed by atoms with Gasteiger partial charge in [0.15, 0.2) is 5.82 Å². The normalized spacial score (nSPS) is 13.4. The van der Waals surface area contributed by atoms with Crippen molar-refractivity contribution in [3.63, 3.8) is 0 Å². The molecule has 0 atom stereocenters. The fourth-order valence-electron chi connectivity index (χ4n) is 2.65. The van der Waals surface area contributed by atoms with Gasteiger partial charge in [0, 0.05) is 11.1 Å². The molecule has 1 aromatic heterocycles. The van der Waals surface area contributed by atoms with Crippen molar-refractivity contribution in [2.24, 2.45) is 5.92 Å². The third-order valence-electron chi connectivity index (χ3n) is 4.31. The summed E-state index contributed by atoms with van der Waals surface area (Å²) in [7, 11) is 0. The van der Waals surface area contributed by atoms with Crippen molar-refractivity contribution in [3.05, 3.63) is 59.9 Å². The molecule has 2 aromatic carbocycles. The first-order chi connectivity index (χ1) is 12.7. The second kappa shape index (κ2) is 7.00. The van der Waals surface area contributed by atoms with Crippen molar-refractivity contribution in [1.29, 1.82) is 0 Å². The average molecular weight is 348 g/mol. The molecule has 1 heterocycles. The van der Waals surface area contributed by atoms with Gasteiger partial charge in [0.05, 0.1) is 12.3 Å². The van der Waals surface area contributed by atoms with Gasteiger partial charge in [-0.3, -0.25) is 9.89 Å². The maximum absolute atomic E-state index is 12.6. The van der Waals surface area contributed by atoms with Gasteiger partial charge >= 0.3 is 0 Å². The molecule has 0 unspecified atom stereocenters. The molecule has 2 N–H and O–H groups in total. The predicted octanol–water partition coefficient (Wildman–Crippen LogP) is 3.82. The molecule has 4 rings (SSSR count). The summed E-state index contributed by atoms with van der Waals surface area (Å²) in [6.45, 7) is 2.60. The fourth-order valence-corrected chi connectivity index (χ4v) is 2.65. The Bertz CT molecular complexity index is 914. The number of anilines is 1. The third-order valence-corrected chi connectivity index (χ3v) is 4.31. The number of aromatic nitrogens is 3. The highest BCUT2D eigenvalue weighted by molar-refractivity contribution is 6.06. The maximum Gasteiger partial charge on any atom is 0.255 e. The van der Waals surface area contributed by atoms with Crippen LogP contribution in [0.1, 0.15) is 29.0 Å². The van der Waals surface area contributed by atoms with Gasteiger partial charge in [-0.05, 0) is 62.1 Å². The van der Waals surface area contributed by atoms with Crippen LogP contribution in [0.3, 0.4) is 0 Å². The number of carbonyl (C=O) groups excluding carboxylic acids is 1. The van der Waals surface area contributed by atoms with Gasteiger partial charge in [-0.2, -0.15) is 5.10 Å². The zero-order valence-electron chi connectivity index (χ0n) is 14.5. The number of benzene rings is 2. The topological polar surface area (TPSA) is 79.9 Å². The predicted molar refractivity (Wildman–Crippen MR) is 99.2 cm³/mol. The van der Waals surface area contributed by atoms with Crippen LogP contribution in [0.25, 0.3) is 11.4 Å². The molecule has 1 amide bonds. The number of nitrogens with one attached hydrogen (secondary N) is 2. The smallest absolute Gasteiger partial charge is 0.255 e. The number of para-hydroxylation sites is 1. The number of hydrogen-bond acceptors (Lipinski definition) is 4. The first-order valence-corrected chi connectivity index (χ1v) is 8.71. The molecular formula is C20H20N4O2. The summed E-state index contributed by atoms with van der Waals surface area (Å²) in [4.78, 5) is 16.9. The second-order valence-corrected chi connectivity index (χ2v) is 6.52. The Balaban J connectivity index is 1.47. The lowest BCUT2D eigenvalue weighted by molar-refractivity contribution is 0.102. The van der Waals surface area contributed by atoms with E-state index < -0.39 is 0 Å². The van der Waals surface area contributed by atoms with Gasteiger partial charge in [-0.25, -0.2) is 4.98 Å². The van der Waals surface area contributed by atoms with E-state index in [4.69, 9.17) is 4.74 Å². The van der Waals surface area contributed by atoms with Crippen LogP contribution in [-0.4, -0.2) is 27.7 Å². The monoisotopic (exact) mass is 348 g/mol. The lowest BCUT2D eigenvalue weighted by atomic mass is 10.1. The number of amides is 1. The lowest BCUT2D eigenvalue weighted by Crippen LogP contribution is -2.12. The summed E-state index contributed by atoms with van der Waals surface area (Å²) in [5, 5.41) is 9.94. The highest BCUT2D eigenvalue weighted by atomic mass is 16.5. The van der Waals surface area contributed by atoms with Gasteiger partial charge in [0.25, 0.3) is 5.91 Å². The molecule has 1 aliphatic carbocycles. The highest BCUT2D eigenvalue weighted by Gasteiger charge is 2.21. The first-order valence-electron chi connectivity index (χ1n) is 8.71. The van der Waals surface area contributed by atoms with E-state index in [0.717, 1.165) is 23.7 Å². The van der Waals surface area contributed by atoms with E-state index in [1.807, 2.05) is 43.3 Å². The number of H-pyrrole nitrogens is 1. The summed E-state index contributed by atoms with van der Waals surface area (Å²) in [5.74, 6) is 2.60. The summed E-state index contributed by atoms with van der Waals surface area (Å²) in [6.07, 6.45) is 2.51. The van der Waals surface area contributed by atoms with Crippen molar-refractivity contribution < 1.29 is 9.53 Å². The lowest BCUT2D eigenvalue weighted by Gasteiger charge is -2.10. The first kappa shape index (κ1) is 16.3. The Hall–Kier alpha value is -3.15. The van der Waals surface area contributed by atoms with Crippen LogP contribution in [0.15, 0.2) is 48.5 Å². The standard InChI is InChI=1S/C20H20N4O2/c1-13-21-19(24-23-13)17-4-2-3-5-18(17)22-20(25)15-8-10-16(11-9-15)26-12-14-6-7-14/h2-5,8-11,14H,6-7,12H2,1H3,(H,22,25)(H,21,23,24). The summed E-state index contributed by atoms with van der Waals surface area (Å²) in [6, 6.07) is 14.7. The number of rotatable bonds is 6. The Morgan fingerprint density at radius 1 is 1.19 bits per heavy atom. The highest BCUT2D eigenvalue weighted by Crippen LogP contribution is 2.29. The molecule has 0 bridgehead atoms. The van der Waals surface area contributed by atoms with Crippen LogP contribution in [0.2, 0.25) is 0 Å². The Morgan fingerprint density at radius 3 is 2.65 bits per heavy atom. The van der Waals surface area contributed by atoms with Crippen LogP contribution in [0, 0.1) is 12.8 Å². The van der Waals surface area contributed by atoms with E-state index in [1.165, 1.54) is 12.8 Å². The number of hydrogen-bond donors (Lipinski definition) is 2. The summed E-state index contributed by atoms with van der Waals surface area (Å²) in [5.41, 5.74) is 2.02. The van der Waals surface area contributed by atoms with Crippen LogP contribution >= 0.6 is 0 Å². The van der Waals surface area contributed by atoms with Gasteiger partial charge in [0.1, 0.15) is 11.6 Å². The minimum absolute atomic E-state index is 0.182. The number of aromatic amines is 1. The Labute approximate surface area is 151 Å². The molecule has 3 aromatic rings. The van der Waals surface area contributed by atoms with Crippen LogP contribution in [-0.2, 0) is 0 Å². The largest absolute Gasteiger partial charge is 0.493 e. The van der Waals surface area contributed by atoms with E-state index in [1.54, 1.807) is 12.1 Å². The van der Waals surface area contributed by atoms with E-state index >= 15 is 0 Å². The number of nitrogens with zero attached hydrogens (tertiary/aromatic N) is 2. The van der Waals surface area contributed by atoms with Crippen molar-refractivity contribution in [2.75, 3.05) is 11.9 Å². The van der Waals surface area contributed by atoms with Gasteiger partial charge < -0.3 is 10.1 Å². The maximum atomic E-state index is 12.6. The van der Waals surface area contributed by atoms with Gasteiger partial charge in [-0.1, -0.05) is 12.1 Å². The molecule has 6 heteroatoms. The van der Waals surface area contributed by atoms with Gasteiger partial charge in [-0.15, -0.1) is 0 Å². The molecule has 1 saturated carbocycles. The van der Waals surface area contributed by atoms with E-state index in [9.17, 15) is 4.79 Å². The van der Waals surface area contributed by atoms with E-state index in [0.29, 0.717) is 23.0 Å². The number of carbonyl (C=O) groups is 1. The average Bonchev–Trinajstić information content (AvgIpc) is 3.40. The minimum Gasteiger partial charge on any atom is -0.493 e. The third kappa shape index (κ3) is 3.74. The zero-order chi connectivity index (χ0) is 17.9. The molecule has 0 aliphatic heterocycles. The van der Waals surface area contributed by atoms with Crippen molar-refractivity contribution in [3.8, 4) is 17.1 Å². The second-order valence-electron chi connectivity index (χ2n) is 6.52. The van der Waals surface area contributed by atoms with Crippen molar-refractivity contribution >= 4 is 11.6 Å². The van der Waals surface area contributed by atoms with Crippen LogP contribution < -0.4 is 10.1 Å². The molecule has 0 saturated heterocycles. The molecule has 6 nitrogen and oxygen atoms in total. The quantitative estimate of drug-likeness (QED) is 0.710. The van der Waals surface area contributed by atoms with Crippen molar-refractivity contribution in [1.82, 2.24) is 15.2 Å².